The van der Waals surface area contributed by atoms with Crippen LogP contribution in [0.2, 0.25) is 0 Å². The van der Waals surface area contributed by atoms with E-state index >= 15 is 0 Å². The molecule has 0 unspecified atom stereocenters. The quantitative estimate of drug-likeness (QED) is 0.619. The van der Waals surface area contributed by atoms with Crippen LogP contribution in [-0.4, -0.2) is 31.8 Å². The Morgan fingerprint density at radius 3 is 2.42 bits per heavy atom. The first-order valence-electron chi connectivity index (χ1n) is 8.30. The summed E-state index contributed by atoms with van der Waals surface area (Å²) in [7, 11) is 1.69. The second kappa shape index (κ2) is 7.76. The number of rotatable bonds is 4. The summed E-state index contributed by atoms with van der Waals surface area (Å²) in [5, 5.41) is 8.64. The van der Waals surface area contributed by atoms with Crippen molar-refractivity contribution in [1.29, 1.82) is 0 Å². The van der Waals surface area contributed by atoms with Crippen LogP contribution in [-0.2, 0) is 5.41 Å². The molecule has 0 aromatic carbocycles. The van der Waals surface area contributed by atoms with Crippen molar-refractivity contribution in [2.75, 3.05) is 13.6 Å². The van der Waals surface area contributed by atoms with Crippen LogP contribution in [0.5, 0.6) is 0 Å². The lowest BCUT2D eigenvalue weighted by Gasteiger charge is -2.32. The third-order valence-electron chi connectivity index (χ3n) is 4.64. The van der Waals surface area contributed by atoms with Gasteiger partial charge in [-0.25, -0.2) is 0 Å². The molecule has 1 aromatic rings. The topological polar surface area (TPSA) is 36.4 Å². The van der Waals surface area contributed by atoms with Crippen molar-refractivity contribution in [3.8, 4) is 0 Å². The third kappa shape index (κ3) is 5.13. The fourth-order valence-corrected chi connectivity index (χ4v) is 3.86. The lowest BCUT2D eigenvalue weighted by atomic mass is 9.85. The van der Waals surface area contributed by atoms with Crippen LogP contribution in [0, 0.1) is 5.92 Å². The number of thiophene rings is 1. The summed E-state index contributed by atoms with van der Waals surface area (Å²) in [5.41, 5.74) is -0.0280. The van der Waals surface area contributed by atoms with Crippen LogP contribution in [0.1, 0.15) is 44.4 Å². The van der Waals surface area contributed by atoms with Crippen LogP contribution in [0.4, 0.5) is 13.2 Å². The average molecular weight is 361 g/mol. The molecule has 0 atom stereocenters. The van der Waals surface area contributed by atoms with E-state index in [9.17, 15) is 13.2 Å². The zero-order valence-electron chi connectivity index (χ0n) is 14.4. The average Bonchev–Trinajstić information content (AvgIpc) is 3.06. The fourth-order valence-electron chi connectivity index (χ4n) is 3.01. The van der Waals surface area contributed by atoms with Crippen molar-refractivity contribution in [1.82, 2.24) is 10.6 Å². The molecule has 0 bridgehead atoms. The smallest absolute Gasteiger partial charge is 0.356 e. The second-order valence-electron chi connectivity index (χ2n) is 7.02. The Kier molecular flexibility index (Phi) is 6.17. The van der Waals surface area contributed by atoms with Crippen LogP contribution in [0.25, 0.3) is 0 Å². The maximum atomic E-state index is 12.7. The van der Waals surface area contributed by atoms with Crippen LogP contribution >= 0.6 is 11.3 Å². The number of hydrogen-bond donors (Lipinski definition) is 2. The Bertz CT molecular complexity index is 530. The van der Waals surface area contributed by atoms with Gasteiger partial charge in [0.25, 0.3) is 0 Å². The lowest BCUT2D eigenvalue weighted by molar-refractivity contribution is -0.182. The number of nitrogens with one attached hydrogen (secondary N) is 2. The van der Waals surface area contributed by atoms with Gasteiger partial charge in [0.05, 0.1) is 5.92 Å². The van der Waals surface area contributed by atoms with Crippen molar-refractivity contribution in [3.05, 3.63) is 22.4 Å². The SMILES string of the molecule is CN=C(NCC(C)(C)c1cccs1)NC1CCC(C(F)(F)F)CC1. The van der Waals surface area contributed by atoms with E-state index in [-0.39, 0.29) is 24.3 Å². The maximum absolute atomic E-state index is 12.7. The summed E-state index contributed by atoms with van der Waals surface area (Å²) in [4.78, 5) is 5.50. The number of alkyl halides is 3. The zero-order valence-corrected chi connectivity index (χ0v) is 15.2. The molecule has 1 aliphatic carbocycles. The molecular weight excluding hydrogens is 335 g/mol. The monoisotopic (exact) mass is 361 g/mol. The molecule has 0 radical (unpaired) electrons. The summed E-state index contributed by atoms with van der Waals surface area (Å²) < 4.78 is 38.2. The summed E-state index contributed by atoms with van der Waals surface area (Å²) >= 11 is 1.72. The van der Waals surface area contributed by atoms with E-state index in [0.29, 0.717) is 25.3 Å². The molecule has 0 aliphatic heterocycles. The van der Waals surface area contributed by atoms with Gasteiger partial charge in [-0.05, 0) is 37.1 Å². The Morgan fingerprint density at radius 1 is 1.25 bits per heavy atom. The molecule has 1 fully saturated rings. The first-order chi connectivity index (χ1) is 11.2. The van der Waals surface area contributed by atoms with Gasteiger partial charge < -0.3 is 10.6 Å². The molecule has 1 saturated carbocycles. The van der Waals surface area contributed by atoms with Crippen LogP contribution in [0.15, 0.2) is 22.5 Å². The minimum absolute atomic E-state index is 0.0280. The highest BCUT2D eigenvalue weighted by Crippen LogP contribution is 2.37. The molecule has 24 heavy (non-hydrogen) atoms. The van der Waals surface area contributed by atoms with E-state index in [1.54, 1.807) is 18.4 Å². The lowest BCUT2D eigenvalue weighted by Crippen LogP contribution is -2.48. The van der Waals surface area contributed by atoms with Gasteiger partial charge in [-0.15, -0.1) is 11.3 Å². The number of hydrogen-bond acceptors (Lipinski definition) is 2. The number of guanidine groups is 1. The first-order valence-corrected chi connectivity index (χ1v) is 9.18. The highest BCUT2D eigenvalue weighted by molar-refractivity contribution is 7.10. The predicted octanol–water partition coefficient (Wildman–Crippen LogP) is 4.31. The van der Waals surface area contributed by atoms with E-state index < -0.39 is 12.1 Å². The summed E-state index contributed by atoms with van der Waals surface area (Å²) in [6, 6.07) is 4.20. The molecule has 136 valence electrons. The van der Waals surface area contributed by atoms with Crippen LogP contribution in [0.3, 0.4) is 0 Å². The minimum atomic E-state index is -4.06. The van der Waals surface area contributed by atoms with Gasteiger partial charge in [-0.3, -0.25) is 4.99 Å². The molecule has 0 spiro atoms. The molecule has 0 amide bonds. The standard InChI is InChI=1S/C17H26F3N3S/c1-16(2,14-5-4-10-24-14)11-22-15(21-3)23-13-8-6-12(7-9-13)17(18,19)20/h4-5,10,12-13H,6-9,11H2,1-3H3,(H2,21,22,23). The predicted molar refractivity (Wildman–Crippen MR) is 93.6 cm³/mol. The van der Waals surface area contributed by atoms with E-state index in [2.05, 4.69) is 40.9 Å². The largest absolute Gasteiger partial charge is 0.391 e. The maximum Gasteiger partial charge on any atom is 0.391 e. The van der Waals surface area contributed by atoms with Crippen molar-refractivity contribution in [2.45, 2.75) is 57.2 Å². The summed E-state index contributed by atoms with van der Waals surface area (Å²) in [5.74, 6) is -0.488. The highest BCUT2D eigenvalue weighted by atomic mass is 32.1. The minimum Gasteiger partial charge on any atom is -0.356 e. The zero-order chi connectivity index (χ0) is 17.8. The van der Waals surface area contributed by atoms with Crippen molar-refractivity contribution < 1.29 is 13.2 Å². The van der Waals surface area contributed by atoms with Gasteiger partial charge in [0.15, 0.2) is 5.96 Å². The van der Waals surface area contributed by atoms with Crippen molar-refractivity contribution in [2.24, 2.45) is 10.9 Å². The number of aliphatic imine (C=N–C) groups is 1. The third-order valence-corrected chi connectivity index (χ3v) is 5.88. The molecule has 7 heteroatoms. The second-order valence-corrected chi connectivity index (χ2v) is 7.97. The Balaban J connectivity index is 1.81. The first kappa shape index (κ1) is 19.1. The molecule has 2 N–H and O–H groups in total. The molecule has 0 saturated heterocycles. The summed E-state index contributed by atoms with van der Waals surface area (Å²) in [6.45, 7) is 5.03. The molecule has 1 heterocycles. The molecule has 1 aromatic heterocycles. The highest BCUT2D eigenvalue weighted by Gasteiger charge is 2.41. The van der Waals surface area contributed by atoms with E-state index in [1.165, 1.54) is 4.88 Å². The van der Waals surface area contributed by atoms with Gasteiger partial charge in [-0.1, -0.05) is 19.9 Å². The Hall–Kier alpha value is -1.24. The Labute approximate surface area is 145 Å². The van der Waals surface area contributed by atoms with Gasteiger partial charge in [0, 0.05) is 29.9 Å². The molecule has 2 rings (SSSR count). The van der Waals surface area contributed by atoms with Crippen molar-refractivity contribution >= 4 is 17.3 Å². The molecule has 3 nitrogen and oxygen atoms in total. The van der Waals surface area contributed by atoms with E-state index in [4.69, 9.17) is 0 Å². The fraction of sp³-hybridized carbons (Fsp3) is 0.706. The van der Waals surface area contributed by atoms with Gasteiger partial charge >= 0.3 is 6.18 Å². The Morgan fingerprint density at radius 2 is 1.92 bits per heavy atom. The summed E-state index contributed by atoms with van der Waals surface area (Å²) in [6.07, 6.45) is -2.62. The normalized spacial score (nSPS) is 23.2. The van der Waals surface area contributed by atoms with E-state index in [0.717, 1.165) is 0 Å². The van der Waals surface area contributed by atoms with Gasteiger partial charge in [-0.2, -0.15) is 13.2 Å². The molecule has 1 aliphatic rings. The van der Waals surface area contributed by atoms with Crippen molar-refractivity contribution in [3.63, 3.8) is 0 Å². The van der Waals surface area contributed by atoms with E-state index in [1.807, 2.05) is 6.07 Å². The van der Waals surface area contributed by atoms with Crippen LogP contribution < -0.4 is 10.6 Å². The number of nitrogens with zero attached hydrogens (tertiary/aromatic N) is 1. The van der Waals surface area contributed by atoms with Gasteiger partial charge in [0.1, 0.15) is 0 Å². The van der Waals surface area contributed by atoms with Gasteiger partial charge in [0.2, 0.25) is 0 Å². The number of halogens is 3. The molecular formula is C17H26F3N3S.